The normalized spacial score (nSPS) is 12.0. The van der Waals surface area contributed by atoms with Gasteiger partial charge >= 0.3 is 0 Å². The lowest BCUT2D eigenvalue weighted by Gasteiger charge is -2.22. The fraction of sp³-hybridized carbons (Fsp3) is 0.381. The van der Waals surface area contributed by atoms with Crippen LogP contribution in [0.4, 0.5) is 11.4 Å². The van der Waals surface area contributed by atoms with Gasteiger partial charge in [0.2, 0.25) is 0 Å². The van der Waals surface area contributed by atoms with Crippen molar-refractivity contribution in [2.24, 2.45) is 0 Å². The number of nitrogens with zero attached hydrogens (tertiary/aromatic N) is 4. The topological polar surface area (TPSA) is 54.7 Å². The van der Waals surface area contributed by atoms with Gasteiger partial charge in [-0.15, -0.1) is 0 Å². The molecule has 0 fully saturated rings. The van der Waals surface area contributed by atoms with Crippen LogP contribution in [0.1, 0.15) is 61.1 Å². The van der Waals surface area contributed by atoms with E-state index in [9.17, 15) is 10.2 Å². The molecule has 0 atom stereocenters. The predicted octanol–water partition coefficient (Wildman–Crippen LogP) is 7.72. The van der Waals surface area contributed by atoms with Gasteiger partial charge in [0.05, 0.1) is 24.7 Å². The molecule has 50 heavy (non-hydrogen) atoms. The fourth-order valence-electron chi connectivity index (χ4n) is 5.99. The van der Waals surface area contributed by atoms with Crippen LogP contribution < -0.4 is 18.9 Å². The Balaban J connectivity index is 1.20. The number of hydrogen-bond donors (Lipinski definition) is 2. The molecule has 0 saturated heterocycles. The SMILES string of the molecule is CCN(CCO)c1ccc(C=C(C)c2cc[n+](CCSSCC[n+]3ccc(C(C)=Cc4ccc(N(CC)CCO)cc4C)cc3)cc2)c(C)c1. The van der Waals surface area contributed by atoms with E-state index < -0.39 is 0 Å². The molecule has 6 nitrogen and oxygen atoms in total. The summed E-state index contributed by atoms with van der Waals surface area (Å²) in [7, 11) is 3.87. The van der Waals surface area contributed by atoms with E-state index >= 15 is 0 Å². The Kier molecular flexibility index (Phi) is 16.0. The number of anilines is 2. The van der Waals surface area contributed by atoms with Crippen molar-refractivity contribution in [1.29, 1.82) is 0 Å². The third kappa shape index (κ3) is 11.5. The molecule has 0 saturated carbocycles. The van der Waals surface area contributed by atoms with E-state index in [1.54, 1.807) is 0 Å². The average Bonchev–Trinajstić information content (AvgIpc) is 3.13. The number of rotatable bonds is 19. The van der Waals surface area contributed by atoms with Crippen molar-refractivity contribution in [3.05, 3.63) is 119 Å². The molecule has 2 aromatic heterocycles. The van der Waals surface area contributed by atoms with Crippen LogP contribution in [0.5, 0.6) is 0 Å². The Hall–Kier alpha value is -3.56. The quantitative estimate of drug-likeness (QED) is 0.0590. The van der Waals surface area contributed by atoms with Crippen LogP contribution in [0.3, 0.4) is 0 Å². The Morgan fingerprint density at radius 3 is 1.32 bits per heavy atom. The van der Waals surface area contributed by atoms with E-state index in [4.69, 9.17) is 0 Å². The average molecular weight is 713 g/mol. The molecule has 0 amide bonds. The molecule has 2 heterocycles. The lowest BCUT2D eigenvalue weighted by atomic mass is 10.0. The maximum atomic E-state index is 9.36. The van der Waals surface area contributed by atoms with Crippen molar-refractivity contribution in [1.82, 2.24) is 0 Å². The molecule has 2 aromatic carbocycles. The zero-order chi connectivity index (χ0) is 35.9. The lowest BCUT2D eigenvalue weighted by Crippen LogP contribution is -2.34. The van der Waals surface area contributed by atoms with Gasteiger partial charge in [-0.2, -0.15) is 0 Å². The summed E-state index contributed by atoms with van der Waals surface area (Å²) in [5.41, 5.74) is 12.2. The predicted molar refractivity (Wildman–Crippen MR) is 218 cm³/mol. The molecule has 8 heteroatoms. The first-order valence-electron chi connectivity index (χ1n) is 17.8. The molecule has 0 bridgehead atoms. The van der Waals surface area contributed by atoms with Crippen molar-refractivity contribution in [2.45, 2.75) is 54.6 Å². The summed E-state index contributed by atoms with van der Waals surface area (Å²) in [4.78, 5) is 4.39. The number of benzene rings is 2. The van der Waals surface area contributed by atoms with Crippen LogP contribution in [0, 0.1) is 13.8 Å². The van der Waals surface area contributed by atoms with Gasteiger partial charge in [0, 0.05) is 61.8 Å². The Bertz CT molecular complexity index is 1580. The molecule has 4 aromatic rings. The molecule has 2 N–H and O–H groups in total. The van der Waals surface area contributed by atoms with E-state index in [0.29, 0.717) is 13.1 Å². The summed E-state index contributed by atoms with van der Waals surface area (Å²) in [6.45, 7) is 18.3. The summed E-state index contributed by atoms with van der Waals surface area (Å²) in [6.07, 6.45) is 13.3. The molecule has 0 aliphatic heterocycles. The first-order valence-corrected chi connectivity index (χ1v) is 20.3. The highest BCUT2D eigenvalue weighted by Crippen LogP contribution is 2.25. The number of aryl methyl sites for hydroxylation is 4. The number of aromatic nitrogens is 2. The standard InChI is InChI=1S/C42H56N4O2S2/c1-7-45(21-25-47)41-11-9-39(35(5)31-41)29-33(3)37-13-17-43(18-14-37)23-27-49-50-28-24-44-19-15-38(16-20-44)34(4)30-40-10-12-42(32-36(40)6)46(8-2)22-26-48/h9-20,29-32,47-48H,7-8,21-28H2,1-6H3/q+2. The molecule has 0 aliphatic carbocycles. The van der Waals surface area contributed by atoms with Crippen LogP contribution in [0.2, 0.25) is 0 Å². The van der Waals surface area contributed by atoms with Crippen LogP contribution >= 0.6 is 21.6 Å². The van der Waals surface area contributed by atoms with E-state index in [1.807, 2.05) is 21.6 Å². The minimum atomic E-state index is 0.164. The van der Waals surface area contributed by atoms with Gasteiger partial charge in [-0.25, -0.2) is 9.13 Å². The zero-order valence-electron chi connectivity index (χ0n) is 30.8. The molecule has 0 aliphatic rings. The first kappa shape index (κ1) is 39.2. The minimum Gasteiger partial charge on any atom is -0.395 e. The monoisotopic (exact) mass is 712 g/mol. The molecule has 0 radical (unpaired) electrons. The van der Waals surface area contributed by atoms with Crippen molar-refractivity contribution in [3.63, 3.8) is 0 Å². The third-order valence-corrected chi connectivity index (χ3v) is 11.5. The van der Waals surface area contributed by atoms with Gasteiger partial charge in [0.15, 0.2) is 37.9 Å². The zero-order valence-corrected chi connectivity index (χ0v) is 32.4. The molecule has 0 spiro atoms. The third-order valence-electron chi connectivity index (χ3n) is 9.13. The van der Waals surface area contributed by atoms with Crippen LogP contribution in [-0.4, -0.2) is 61.1 Å². The number of likely N-dealkylation sites (N-methyl/N-ethyl adjacent to an activating group) is 2. The van der Waals surface area contributed by atoms with Gasteiger partial charge in [-0.1, -0.05) is 45.9 Å². The smallest absolute Gasteiger partial charge is 0.169 e. The van der Waals surface area contributed by atoms with Crippen molar-refractivity contribution in [3.8, 4) is 0 Å². The summed E-state index contributed by atoms with van der Waals surface area (Å²) in [6, 6.07) is 21.9. The molecule has 0 unspecified atom stereocenters. The molecule has 4 rings (SSSR count). The van der Waals surface area contributed by atoms with E-state index in [1.165, 1.54) is 44.5 Å². The fourth-order valence-corrected chi connectivity index (χ4v) is 7.95. The number of allylic oxidation sites excluding steroid dienone is 2. The van der Waals surface area contributed by atoms with Crippen molar-refractivity contribution < 1.29 is 19.3 Å². The number of hydrogen-bond acceptors (Lipinski definition) is 6. The van der Waals surface area contributed by atoms with E-state index in [0.717, 1.165) is 49.1 Å². The second kappa shape index (κ2) is 20.3. The second-order valence-electron chi connectivity index (χ2n) is 12.6. The number of pyridine rings is 2. The summed E-state index contributed by atoms with van der Waals surface area (Å²) < 4.78 is 4.53. The van der Waals surface area contributed by atoms with Crippen molar-refractivity contribution in [2.75, 3.05) is 60.7 Å². The summed E-state index contributed by atoms with van der Waals surface area (Å²) in [5.74, 6) is 2.12. The summed E-state index contributed by atoms with van der Waals surface area (Å²) >= 11 is 0. The van der Waals surface area contributed by atoms with Gasteiger partial charge in [0.25, 0.3) is 0 Å². The van der Waals surface area contributed by atoms with Gasteiger partial charge in [-0.3, -0.25) is 0 Å². The van der Waals surface area contributed by atoms with Crippen molar-refractivity contribution >= 4 is 56.3 Å². The van der Waals surface area contributed by atoms with Gasteiger partial charge < -0.3 is 20.0 Å². The van der Waals surface area contributed by atoms with Gasteiger partial charge in [0.1, 0.15) is 0 Å². The Morgan fingerprint density at radius 1 is 0.620 bits per heavy atom. The number of aliphatic hydroxyl groups is 2. The highest BCUT2D eigenvalue weighted by molar-refractivity contribution is 8.76. The molecular weight excluding hydrogens is 657 g/mol. The van der Waals surface area contributed by atoms with Crippen LogP contribution in [-0.2, 0) is 13.1 Å². The molecule has 266 valence electrons. The highest BCUT2D eigenvalue weighted by atomic mass is 33.1. The molecular formula is C42H56N4O2S2+2. The minimum absolute atomic E-state index is 0.164. The maximum Gasteiger partial charge on any atom is 0.169 e. The van der Waals surface area contributed by atoms with Crippen LogP contribution in [0.15, 0.2) is 85.5 Å². The summed E-state index contributed by atoms with van der Waals surface area (Å²) in [5, 5.41) is 18.7. The Morgan fingerprint density at radius 2 is 1.00 bits per heavy atom. The van der Waals surface area contributed by atoms with Crippen LogP contribution in [0.25, 0.3) is 23.3 Å². The second-order valence-corrected chi connectivity index (χ2v) is 15.3. The largest absolute Gasteiger partial charge is 0.395 e. The highest BCUT2D eigenvalue weighted by Gasteiger charge is 2.10. The van der Waals surface area contributed by atoms with E-state index in [2.05, 4.69) is 158 Å². The van der Waals surface area contributed by atoms with Gasteiger partial charge in [-0.05, 0) is 110 Å². The first-order chi connectivity index (χ1) is 24.3. The number of aliphatic hydroxyl groups excluding tert-OH is 2. The van der Waals surface area contributed by atoms with E-state index in [-0.39, 0.29) is 13.2 Å². The Labute approximate surface area is 308 Å². The maximum absolute atomic E-state index is 9.36. The lowest BCUT2D eigenvalue weighted by molar-refractivity contribution is -0.692.